The number of hydrogen-bond donors (Lipinski definition) is 0. The van der Waals surface area contributed by atoms with Crippen molar-refractivity contribution in [2.45, 2.75) is 6.61 Å². The summed E-state index contributed by atoms with van der Waals surface area (Å²) in [6, 6.07) is 23.6. The lowest BCUT2D eigenvalue weighted by atomic mass is 10.2. The standard InChI is InChI=1S/C28H26ClN3O3S/c1-34-25-17-20(11-12-24(25)35-19-21-7-5-6-10-23(21)29)18-26-27(33)30-28(36-26)32-15-13-31(14-16-32)22-8-3-2-4-9-22/h2-12,17-18H,13-16,19H2,1H3/b26-18-. The second-order valence-corrected chi connectivity index (χ2v) is 9.83. The van der Waals surface area contributed by atoms with Crippen molar-refractivity contribution in [2.24, 2.45) is 4.99 Å². The van der Waals surface area contributed by atoms with Crippen molar-refractivity contribution >= 4 is 46.2 Å². The number of halogens is 1. The number of rotatable bonds is 6. The molecule has 0 atom stereocenters. The first-order valence-corrected chi connectivity index (χ1v) is 12.9. The van der Waals surface area contributed by atoms with Crippen LogP contribution in [0, 0.1) is 0 Å². The Balaban J connectivity index is 1.22. The molecule has 184 valence electrons. The highest BCUT2D eigenvalue weighted by Gasteiger charge is 2.28. The van der Waals surface area contributed by atoms with E-state index in [1.165, 1.54) is 17.4 Å². The molecule has 3 aromatic carbocycles. The Labute approximate surface area is 220 Å². The van der Waals surface area contributed by atoms with Gasteiger partial charge in [-0.15, -0.1) is 0 Å². The molecule has 0 radical (unpaired) electrons. The van der Waals surface area contributed by atoms with E-state index < -0.39 is 0 Å². The van der Waals surface area contributed by atoms with E-state index in [1.54, 1.807) is 7.11 Å². The summed E-state index contributed by atoms with van der Waals surface area (Å²) < 4.78 is 11.5. The number of nitrogens with zero attached hydrogens (tertiary/aromatic N) is 3. The molecule has 6 nitrogen and oxygen atoms in total. The summed E-state index contributed by atoms with van der Waals surface area (Å²) in [5.41, 5.74) is 2.97. The van der Waals surface area contributed by atoms with Crippen molar-refractivity contribution in [1.82, 2.24) is 4.90 Å². The van der Waals surface area contributed by atoms with Gasteiger partial charge < -0.3 is 19.3 Å². The van der Waals surface area contributed by atoms with Crippen LogP contribution in [0.3, 0.4) is 0 Å². The number of aliphatic imine (C=N–C) groups is 1. The molecule has 0 bridgehead atoms. The lowest BCUT2D eigenvalue weighted by Gasteiger charge is -2.36. The van der Waals surface area contributed by atoms with Gasteiger partial charge in [-0.2, -0.15) is 4.99 Å². The van der Waals surface area contributed by atoms with Gasteiger partial charge in [-0.3, -0.25) is 4.79 Å². The molecule has 1 fully saturated rings. The molecular weight excluding hydrogens is 494 g/mol. The zero-order valence-electron chi connectivity index (χ0n) is 19.9. The first kappa shape index (κ1) is 24.3. The van der Waals surface area contributed by atoms with Crippen LogP contribution >= 0.6 is 23.4 Å². The van der Waals surface area contributed by atoms with Gasteiger partial charge in [0.2, 0.25) is 0 Å². The largest absolute Gasteiger partial charge is 0.493 e. The van der Waals surface area contributed by atoms with E-state index in [1.807, 2.05) is 54.6 Å². The number of anilines is 1. The van der Waals surface area contributed by atoms with Gasteiger partial charge in [0.05, 0.1) is 12.0 Å². The predicted octanol–water partition coefficient (Wildman–Crippen LogP) is 5.72. The van der Waals surface area contributed by atoms with Crippen LogP contribution in [0.25, 0.3) is 6.08 Å². The van der Waals surface area contributed by atoms with Crippen LogP contribution in [0.5, 0.6) is 11.5 Å². The average Bonchev–Trinajstić information content (AvgIpc) is 3.29. The molecule has 1 amide bonds. The Morgan fingerprint density at radius 2 is 1.67 bits per heavy atom. The van der Waals surface area contributed by atoms with Gasteiger partial charge >= 0.3 is 0 Å². The Kier molecular flexibility index (Phi) is 7.49. The van der Waals surface area contributed by atoms with Gasteiger partial charge in [0, 0.05) is 42.5 Å². The van der Waals surface area contributed by atoms with Crippen molar-refractivity contribution < 1.29 is 14.3 Å². The fourth-order valence-corrected chi connectivity index (χ4v) is 5.30. The van der Waals surface area contributed by atoms with Crippen LogP contribution in [0.4, 0.5) is 5.69 Å². The Morgan fingerprint density at radius 3 is 2.42 bits per heavy atom. The average molecular weight is 520 g/mol. The Morgan fingerprint density at radius 1 is 0.944 bits per heavy atom. The minimum absolute atomic E-state index is 0.210. The molecule has 2 aliphatic heterocycles. The third kappa shape index (κ3) is 5.53. The van der Waals surface area contributed by atoms with Crippen molar-refractivity contribution in [3.63, 3.8) is 0 Å². The van der Waals surface area contributed by atoms with Gasteiger partial charge in [-0.05, 0) is 53.7 Å². The van der Waals surface area contributed by atoms with Crippen LogP contribution in [0.1, 0.15) is 11.1 Å². The SMILES string of the molecule is COc1cc(/C=C2\SC(N3CCN(c4ccccc4)CC3)=NC2=O)ccc1OCc1ccccc1Cl. The highest BCUT2D eigenvalue weighted by Crippen LogP contribution is 2.34. The Bertz CT molecular complexity index is 1300. The molecule has 0 saturated carbocycles. The fourth-order valence-electron chi connectivity index (χ4n) is 4.14. The number of para-hydroxylation sites is 1. The molecule has 8 heteroatoms. The summed E-state index contributed by atoms with van der Waals surface area (Å²) >= 11 is 7.66. The maximum absolute atomic E-state index is 12.6. The summed E-state index contributed by atoms with van der Waals surface area (Å²) in [5, 5.41) is 1.43. The number of carbonyl (C=O) groups is 1. The van der Waals surface area contributed by atoms with Crippen molar-refractivity contribution in [2.75, 3.05) is 38.2 Å². The van der Waals surface area contributed by atoms with E-state index in [0.717, 1.165) is 42.5 Å². The van der Waals surface area contributed by atoms with Gasteiger partial charge in [-0.1, -0.05) is 54.1 Å². The molecule has 0 aliphatic carbocycles. The minimum Gasteiger partial charge on any atom is -0.493 e. The first-order valence-electron chi connectivity index (χ1n) is 11.7. The van der Waals surface area contributed by atoms with Crippen LogP contribution in [-0.2, 0) is 11.4 Å². The number of amidine groups is 1. The molecule has 0 spiro atoms. The predicted molar refractivity (Wildman–Crippen MR) is 147 cm³/mol. The van der Waals surface area contributed by atoms with Crippen molar-refractivity contribution in [1.29, 1.82) is 0 Å². The smallest absolute Gasteiger partial charge is 0.286 e. The number of amides is 1. The lowest BCUT2D eigenvalue weighted by Crippen LogP contribution is -2.47. The summed E-state index contributed by atoms with van der Waals surface area (Å²) in [4.78, 5) is 22.1. The van der Waals surface area contributed by atoms with Crippen molar-refractivity contribution in [3.8, 4) is 11.5 Å². The van der Waals surface area contributed by atoms with Crippen LogP contribution < -0.4 is 14.4 Å². The van der Waals surface area contributed by atoms with E-state index in [0.29, 0.717) is 28.0 Å². The first-order chi connectivity index (χ1) is 17.6. The van der Waals surface area contributed by atoms with Gasteiger partial charge in [0.25, 0.3) is 5.91 Å². The van der Waals surface area contributed by atoms with Crippen LogP contribution in [0.15, 0.2) is 82.7 Å². The minimum atomic E-state index is -0.210. The number of carbonyl (C=O) groups excluding carboxylic acids is 1. The highest BCUT2D eigenvalue weighted by molar-refractivity contribution is 8.18. The number of benzene rings is 3. The number of ether oxygens (including phenoxy) is 2. The molecule has 2 heterocycles. The lowest BCUT2D eigenvalue weighted by molar-refractivity contribution is -0.113. The second kappa shape index (κ2) is 11.1. The van der Waals surface area contributed by atoms with E-state index in [2.05, 4.69) is 39.1 Å². The summed E-state index contributed by atoms with van der Waals surface area (Å²) in [7, 11) is 1.60. The summed E-state index contributed by atoms with van der Waals surface area (Å²) in [6.45, 7) is 3.77. The molecule has 36 heavy (non-hydrogen) atoms. The molecule has 0 unspecified atom stereocenters. The van der Waals surface area contributed by atoms with E-state index in [9.17, 15) is 4.79 Å². The summed E-state index contributed by atoms with van der Waals surface area (Å²) in [5.74, 6) is 0.988. The molecule has 3 aromatic rings. The topological polar surface area (TPSA) is 54.4 Å². The maximum Gasteiger partial charge on any atom is 0.286 e. The third-order valence-electron chi connectivity index (χ3n) is 6.11. The zero-order valence-corrected chi connectivity index (χ0v) is 21.5. The molecule has 0 N–H and O–H groups in total. The van der Waals surface area contributed by atoms with E-state index in [4.69, 9.17) is 21.1 Å². The van der Waals surface area contributed by atoms with Gasteiger partial charge in [0.1, 0.15) is 6.61 Å². The molecular formula is C28H26ClN3O3S. The molecule has 0 aromatic heterocycles. The van der Waals surface area contributed by atoms with E-state index >= 15 is 0 Å². The van der Waals surface area contributed by atoms with Crippen LogP contribution in [0.2, 0.25) is 5.02 Å². The monoisotopic (exact) mass is 519 g/mol. The Hall–Kier alpha value is -3.42. The van der Waals surface area contributed by atoms with Crippen LogP contribution in [-0.4, -0.2) is 49.3 Å². The number of piperazine rings is 1. The zero-order chi connectivity index (χ0) is 24.9. The summed E-state index contributed by atoms with van der Waals surface area (Å²) in [6.07, 6.45) is 1.85. The normalized spacial score (nSPS) is 16.9. The highest BCUT2D eigenvalue weighted by atomic mass is 35.5. The molecule has 5 rings (SSSR count). The van der Waals surface area contributed by atoms with Gasteiger partial charge in [0.15, 0.2) is 16.7 Å². The fraction of sp³-hybridized carbons (Fsp3) is 0.214. The number of thioether (sulfide) groups is 1. The van der Waals surface area contributed by atoms with Gasteiger partial charge in [-0.25, -0.2) is 0 Å². The van der Waals surface area contributed by atoms with Crippen molar-refractivity contribution in [3.05, 3.63) is 93.9 Å². The second-order valence-electron chi connectivity index (χ2n) is 8.41. The maximum atomic E-state index is 12.6. The molecule has 1 saturated heterocycles. The molecule has 2 aliphatic rings. The number of hydrogen-bond acceptors (Lipinski definition) is 6. The third-order valence-corrected chi connectivity index (χ3v) is 7.52. The quantitative estimate of drug-likeness (QED) is 0.388. The number of methoxy groups -OCH3 is 1. The van der Waals surface area contributed by atoms with E-state index in [-0.39, 0.29) is 5.91 Å².